The van der Waals surface area contributed by atoms with Gasteiger partial charge in [0.1, 0.15) is 5.82 Å². The van der Waals surface area contributed by atoms with Gasteiger partial charge in [0.2, 0.25) is 0 Å². The Labute approximate surface area is 117 Å². The molecule has 1 aromatic heterocycles. The summed E-state index contributed by atoms with van der Waals surface area (Å²) >= 11 is 0. The lowest BCUT2D eigenvalue weighted by atomic mass is 9.86. The number of aryl methyl sites for hydroxylation is 1. The van der Waals surface area contributed by atoms with Gasteiger partial charge in [0.25, 0.3) is 0 Å². The van der Waals surface area contributed by atoms with E-state index in [0.717, 1.165) is 37.7 Å². The van der Waals surface area contributed by atoms with Crippen LogP contribution in [0.2, 0.25) is 0 Å². The van der Waals surface area contributed by atoms with Gasteiger partial charge >= 0.3 is 0 Å². The molecule has 1 aromatic rings. The van der Waals surface area contributed by atoms with Crippen molar-refractivity contribution in [3.05, 3.63) is 23.3 Å². The van der Waals surface area contributed by atoms with Crippen LogP contribution in [0.25, 0.3) is 0 Å². The summed E-state index contributed by atoms with van der Waals surface area (Å²) in [7, 11) is 0. The molecule has 106 valence electrons. The quantitative estimate of drug-likeness (QED) is 0.847. The van der Waals surface area contributed by atoms with E-state index in [-0.39, 0.29) is 5.41 Å². The van der Waals surface area contributed by atoms with Crippen LogP contribution >= 0.6 is 0 Å². The van der Waals surface area contributed by atoms with E-state index in [0.29, 0.717) is 0 Å². The highest BCUT2D eigenvalue weighted by molar-refractivity contribution is 5.23. The van der Waals surface area contributed by atoms with Crippen LogP contribution < -0.4 is 5.32 Å². The molecule has 3 nitrogen and oxygen atoms in total. The molecule has 0 amide bonds. The van der Waals surface area contributed by atoms with Crippen molar-refractivity contribution in [1.82, 2.24) is 15.3 Å². The second-order valence-electron chi connectivity index (χ2n) is 6.73. The second kappa shape index (κ2) is 6.00. The fourth-order valence-corrected chi connectivity index (χ4v) is 2.60. The Bertz CT molecular complexity index is 420. The zero-order chi connectivity index (χ0) is 13.9. The zero-order valence-electron chi connectivity index (χ0n) is 12.8. The van der Waals surface area contributed by atoms with Crippen LogP contribution in [0.1, 0.15) is 57.6 Å². The number of hydrogen-bond donors (Lipinski definition) is 1. The molecule has 1 heterocycles. The number of aromatic nitrogens is 2. The lowest BCUT2D eigenvalue weighted by Gasteiger charge is -2.26. The van der Waals surface area contributed by atoms with Crippen LogP contribution in [-0.2, 0) is 18.3 Å². The molecule has 0 bridgehead atoms. The Balaban J connectivity index is 2.02. The minimum atomic E-state index is 0.0502. The normalized spacial score (nSPS) is 19.3. The molecule has 19 heavy (non-hydrogen) atoms. The van der Waals surface area contributed by atoms with E-state index in [1.54, 1.807) is 0 Å². The van der Waals surface area contributed by atoms with Gasteiger partial charge in [-0.2, -0.15) is 0 Å². The second-order valence-corrected chi connectivity index (χ2v) is 6.73. The molecular formula is C16H27N3. The maximum Gasteiger partial charge on any atom is 0.133 e. The first-order valence-corrected chi connectivity index (χ1v) is 7.56. The molecular weight excluding hydrogens is 234 g/mol. The summed E-state index contributed by atoms with van der Waals surface area (Å²) in [5, 5.41) is 3.53. The maximum absolute atomic E-state index is 4.78. The summed E-state index contributed by atoms with van der Waals surface area (Å²) in [5.74, 6) is 1.73. The molecule has 0 aromatic carbocycles. The molecule has 1 N–H and O–H groups in total. The molecule has 0 aliphatic heterocycles. The fourth-order valence-electron chi connectivity index (χ4n) is 2.60. The zero-order valence-corrected chi connectivity index (χ0v) is 12.8. The van der Waals surface area contributed by atoms with Crippen molar-refractivity contribution in [2.24, 2.45) is 5.92 Å². The molecule has 2 rings (SSSR count). The van der Waals surface area contributed by atoms with Crippen molar-refractivity contribution in [3.8, 4) is 0 Å². The van der Waals surface area contributed by atoms with Gasteiger partial charge in [0.05, 0.1) is 0 Å². The van der Waals surface area contributed by atoms with E-state index >= 15 is 0 Å². The Morgan fingerprint density at radius 1 is 1.37 bits per heavy atom. The third-order valence-electron chi connectivity index (χ3n) is 3.78. The molecule has 0 spiro atoms. The van der Waals surface area contributed by atoms with E-state index in [2.05, 4.69) is 44.2 Å². The fraction of sp³-hybridized carbons (Fsp3) is 0.750. The Morgan fingerprint density at radius 3 is 2.84 bits per heavy atom. The molecule has 0 radical (unpaired) electrons. The van der Waals surface area contributed by atoms with Gasteiger partial charge in [-0.25, -0.2) is 9.97 Å². The lowest BCUT2D eigenvalue weighted by Crippen LogP contribution is -2.29. The summed E-state index contributed by atoms with van der Waals surface area (Å²) in [6.45, 7) is 11.0. The van der Waals surface area contributed by atoms with Crippen molar-refractivity contribution < 1.29 is 0 Å². The third-order valence-corrected chi connectivity index (χ3v) is 3.78. The Morgan fingerprint density at radius 2 is 2.16 bits per heavy atom. The lowest BCUT2D eigenvalue weighted by molar-refractivity contribution is 0.416. The van der Waals surface area contributed by atoms with Gasteiger partial charge in [-0.1, -0.05) is 27.7 Å². The van der Waals surface area contributed by atoms with Gasteiger partial charge in [-0.15, -0.1) is 0 Å². The summed E-state index contributed by atoms with van der Waals surface area (Å²) in [6, 6.07) is 0. The number of nitrogens with one attached hydrogen (secondary N) is 1. The molecule has 1 aliphatic rings. The number of nitrogens with zero attached hydrogens (tertiary/aromatic N) is 2. The average molecular weight is 261 g/mol. The Kier molecular flexibility index (Phi) is 4.56. The highest BCUT2D eigenvalue weighted by Gasteiger charge is 2.23. The molecule has 1 aliphatic carbocycles. The smallest absolute Gasteiger partial charge is 0.133 e. The van der Waals surface area contributed by atoms with Gasteiger partial charge in [-0.05, 0) is 50.3 Å². The van der Waals surface area contributed by atoms with Gasteiger partial charge in [0, 0.05) is 17.3 Å². The van der Waals surface area contributed by atoms with Crippen LogP contribution in [-0.4, -0.2) is 23.1 Å². The van der Waals surface area contributed by atoms with E-state index in [4.69, 9.17) is 4.98 Å². The summed E-state index contributed by atoms with van der Waals surface area (Å²) in [5.41, 5.74) is 2.70. The predicted molar refractivity (Wildman–Crippen MR) is 79.4 cm³/mol. The number of rotatable bonds is 4. The van der Waals surface area contributed by atoms with Crippen LogP contribution in [0.4, 0.5) is 0 Å². The number of fused-ring (bicyclic) bond motifs is 1. The molecule has 1 unspecified atom stereocenters. The third kappa shape index (κ3) is 3.75. The van der Waals surface area contributed by atoms with Crippen molar-refractivity contribution in [3.63, 3.8) is 0 Å². The minimum Gasteiger partial charge on any atom is -0.316 e. The van der Waals surface area contributed by atoms with Gasteiger partial charge in [-0.3, -0.25) is 0 Å². The predicted octanol–water partition coefficient (Wildman–Crippen LogP) is 2.88. The highest BCUT2D eigenvalue weighted by atomic mass is 14.9. The largest absolute Gasteiger partial charge is 0.316 e. The minimum absolute atomic E-state index is 0.0502. The van der Waals surface area contributed by atoms with Crippen molar-refractivity contribution in [2.45, 2.75) is 58.8 Å². The monoisotopic (exact) mass is 261 g/mol. The summed E-state index contributed by atoms with van der Waals surface area (Å²) in [6.07, 6.45) is 6.77. The topological polar surface area (TPSA) is 37.8 Å². The van der Waals surface area contributed by atoms with E-state index < -0.39 is 0 Å². The standard InChI is InChI=1S/C16H27N3/c1-5-8-17-10-12-6-7-14-13(9-12)11-18-15(19-14)16(2,3)4/h11-12,17H,5-10H2,1-4H3. The SMILES string of the molecule is CCCNCC1CCc2nc(C(C)(C)C)ncc2C1. The first kappa shape index (κ1) is 14.4. The van der Waals surface area contributed by atoms with Crippen LogP contribution in [0.3, 0.4) is 0 Å². The van der Waals surface area contributed by atoms with Gasteiger partial charge < -0.3 is 5.32 Å². The molecule has 0 saturated heterocycles. The summed E-state index contributed by atoms with van der Waals surface area (Å²) in [4.78, 5) is 9.35. The van der Waals surface area contributed by atoms with Crippen molar-refractivity contribution in [1.29, 1.82) is 0 Å². The Hall–Kier alpha value is -0.960. The number of hydrogen-bond acceptors (Lipinski definition) is 3. The molecule has 3 heteroatoms. The summed E-state index contributed by atoms with van der Waals surface area (Å²) < 4.78 is 0. The maximum atomic E-state index is 4.78. The van der Waals surface area contributed by atoms with Crippen LogP contribution in [0.5, 0.6) is 0 Å². The van der Waals surface area contributed by atoms with Crippen molar-refractivity contribution >= 4 is 0 Å². The molecule has 0 saturated carbocycles. The average Bonchev–Trinajstić information content (AvgIpc) is 2.37. The van der Waals surface area contributed by atoms with E-state index in [1.165, 1.54) is 24.1 Å². The van der Waals surface area contributed by atoms with E-state index in [9.17, 15) is 0 Å². The first-order valence-electron chi connectivity index (χ1n) is 7.56. The molecule has 0 fully saturated rings. The van der Waals surface area contributed by atoms with Crippen LogP contribution in [0, 0.1) is 5.92 Å². The van der Waals surface area contributed by atoms with Crippen molar-refractivity contribution in [2.75, 3.05) is 13.1 Å². The van der Waals surface area contributed by atoms with E-state index in [1.807, 2.05) is 0 Å². The molecule has 1 atom stereocenters. The van der Waals surface area contributed by atoms with Gasteiger partial charge in [0.15, 0.2) is 0 Å². The first-order chi connectivity index (χ1) is 9.00. The van der Waals surface area contributed by atoms with Crippen LogP contribution in [0.15, 0.2) is 6.20 Å². The highest BCUT2D eigenvalue weighted by Crippen LogP contribution is 2.26.